The van der Waals surface area contributed by atoms with Crippen LogP contribution in [0.1, 0.15) is 32.6 Å². The van der Waals surface area contributed by atoms with Crippen LogP contribution in [0.15, 0.2) is 0 Å². The molecular weight excluding hydrogens is 200 g/mol. The molecule has 0 aromatic carbocycles. The lowest BCUT2D eigenvalue weighted by Gasteiger charge is -2.43. The zero-order valence-electron chi connectivity index (χ0n) is 11.0. The first kappa shape index (κ1) is 12.3. The molecule has 2 fully saturated rings. The van der Waals surface area contributed by atoms with Crippen molar-refractivity contribution in [1.29, 1.82) is 0 Å². The zero-order valence-corrected chi connectivity index (χ0v) is 11.0. The monoisotopic (exact) mass is 226 g/mol. The van der Waals surface area contributed by atoms with Crippen molar-refractivity contribution in [2.75, 3.05) is 33.8 Å². The quantitative estimate of drug-likeness (QED) is 0.786. The van der Waals surface area contributed by atoms with E-state index >= 15 is 0 Å². The van der Waals surface area contributed by atoms with E-state index in [9.17, 15) is 0 Å². The van der Waals surface area contributed by atoms with Gasteiger partial charge >= 0.3 is 0 Å². The Hall–Kier alpha value is -0.120. The van der Waals surface area contributed by atoms with Crippen LogP contribution in [0.4, 0.5) is 0 Å². The highest BCUT2D eigenvalue weighted by atomic mass is 16.5. The van der Waals surface area contributed by atoms with Gasteiger partial charge < -0.3 is 15.0 Å². The Labute approximate surface area is 99.5 Å². The average Bonchev–Trinajstić information content (AvgIpc) is 2.19. The van der Waals surface area contributed by atoms with Gasteiger partial charge in [0.05, 0.1) is 5.60 Å². The maximum atomic E-state index is 5.65. The normalized spacial score (nSPS) is 34.7. The summed E-state index contributed by atoms with van der Waals surface area (Å²) >= 11 is 0. The second kappa shape index (κ2) is 5.03. The molecule has 2 atom stereocenters. The lowest BCUT2D eigenvalue weighted by molar-refractivity contribution is -0.0726. The Balaban J connectivity index is 1.77. The summed E-state index contributed by atoms with van der Waals surface area (Å²) in [4.78, 5) is 2.43. The van der Waals surface area contributed by atoms with Crippen molar-refractivity contribution in [2.24, 2.45) is 5.92 Å². The predicted molar refractivity (Wildman–Crippen MR) is 66.7 cm³/mol. The first-order valence-corrected chi connectivity index (χ1v) is 6.62. The van der Waals surface area contributed by atoms with Crippen LogP contribution in [0, 0.1) is 5.92 Å². The van der Waals surface area contributed by atoms with Crippen LogP contribution in [0.5, 0.6) is 0 Å². The van der Waals surface area contributed by atoms with Crippen LogP contribution < -0.4 is 5.32 Å². The fraction of sp³-hybridized carbons (Fsp3) is 1.00. The van der Waals surface area contributed by atoms with Gasteiger partial charge in [-0.3, -0.25) is 0 Å². The highest BCUT2D eigenvalue weighted by Crippen LogP contribution is 2.34. The second-order valence-electron chi connectivity index (χ2n) is 5.76. The molecule has 0 amide bonds. The minimum Gasteiger partial charge on any atom is -0.377 e. The van der Waals surface area contributed by atoms with Crippen LogP contribution in [0.2, 0.25) is 0 Å². The molecule has 3 heteroatoms. The third-order valence-electron chi connectivity index (χ3n) is 4.49. The van der Waals surface area contributed by atoms with E-state index < -0.39 is 0 Å². The number of likely N-dealkylation sites (tertiary alicyclic amines) is 1. The summed E-state index contributed by atoms with van der Waals surface area (Å²) < 4.78 is 5.65. The van der Waals surface area contributed by atoms with Gasteiger partial charge in [-0.15, -0.1) is 0 Å². The van der Waals surface area contributed by atoms with Gasteiger partial charge in [0.2, 0.25) is 0 Å². The summed E-state index contributed by atoms with van der Waals surface area (Å²) in [5, 5.41) is 3.73. The van der Waals surface area contributed by atoms with Gasteiger partial charge in [-0.05, 0) is 45.2 Å². The van der Waals surface area contributed by atoms with Crippen molar-refractivity contribution >= 4 is 0 Å². The average molecular weight is 226 g/mol. The van der Waals surface area contributed by atoms with E-state index in [2.05, 4.69) is 24.2 Å². The first-order chi connectivity index (χ1) is 7.65. The van der Waals surface area contributed by atoms with Crippen LogP contribution in [0.25, 0.3) is 0 Å². The Kier molecular flexibility index (Phi) is 3.88. The fourth-order valence-electron chi connectivity index (χ4n) is 3.00. The number of ether oxygens (including phenoxy) is 1. The van der Waals surface area contributed by atoms with E-state index in [0.717, 1.165) is 12.5 Å². The van der Waals surface area contributed by atoms with Crippen molar-refractivity contribution < 1.29 is 4.74 Å². The predicted octanol–water partition coefficient (Wildman–Crippen LogP) is 1.49. The van der Waals surface area contributed by atoms with Crippen molar-refractivity contribution in [1.82, 2.24) is 10.2 Å². The summed E-state index contributed by atoms with van der Waals surface area (Å²) in [5.74, 6) is 0.757. The first-order valence-electron chi connectivity index (χ1n) is 6.62. The smallest absolute Gasteiger partial charge is 0.0802 e. The summed E-state index contributed by atoms with van der Waals surface area (Å²) in [6.45, 7) is 5.84. The van der Waals surface area contributed by atoms with E-state index in [4.69, 9.17) is 4.74 Å². The second-order valence-corrected chi connectivity index (χ2v) is 5.76. The Morgan fingerprint density at radius 3 is 2.69 bits per heavy atom. The van der Waals surface area contributed by atoms with Crippen LogP contribution >= 0.6 is 0 Å². The number of rotatable bonds is 4. The van der Waals surface area contributed by atoms with E-state index in [1.54, 1.807) is 0 Å². The molecule has 0 bridgehead atoms. The maximum absolute atomic E-state index is 5.65. The molecule has 1 aliphatic carbocycles. The lowest BCUT2D eigenvalue weighted by atomic mass is 9.79. The summed E-state index contributed by atoms with van der Waals surface area (Å²) in [6, 6.07) is 0.684. The van der Waals surface area contributed by atoms with Gasteiger partial charge in [0.25, 0.3) is 0 Å². The van der Waals surface area contributed by atoms with E-state index in [-0.39, 0.29) is 5.60 Å². The van der Waals surface area contributed by atoms with Crippen LogP contribution in [0.3, 0.4) is 0 Å². The largest absolute Gasteiger partial charge is 0.377 e. The van der Waals surface area contributed by atoms with Gasteiger partial charge in [-0.25, -0.2) is 0 Å². The third kappa shape index (κ3) is 2.58. The van der Waals surface area contributed by atoms with E-state index in [1.807, 2.05) is 7.11 Å². The molecule has 1 saturated heterocycles. The van der Waals surface area contributed by atoms with Crippen molar-refractivity contribution in [3.63, 3.8) is 0 Å². The molecule has 0 aromatic heterocycles. The molecule has 94 valence electrons. The third-order valence-corrected chi connectivity index (χ3v) is 4.49. The number of nitrogens with zero attached hydrogens (tertiary/aromatic N) is 1. The molecule has 0 spiro atoms. The molecule has 0 aromatic rings. The minimum absolute atomic E-state index is 0.170. The van der Waals surface area contributed by atoms with Crippen molar-refractivity contribution in [3.8, 4) is 0 Å². The summed E-state index contributed by atoms with van der Waals surface area (Å²) in [6.07, 6.45) is 5.07. The summed E-state index contributed by atoms with van der Waals surface area (Å²) in [7, 11) is 4.08. The molecule has 1 N–H and O–H groups in total. The highest BCUT2D eigenvalue weighted by molar-refractivity contribution is 4.93. The van der Waals surface area contributed by atoms with Gasteiger partial charge in [0, 0.05) is 26.2 Å². The van der Waals surface area contributed by atoms with Crippen molar-refractivity contribution in [2.45, 2.75) is 44.2 Å². The number of methoxy groups -OCH3 is 1. The lowest BCUT2D eigenvalue weighted by Crippen LogP contribution is -2.54. The molecule has 16 heavy (non-hydrogen) atoms. The zero-order chi connectivity index (χ0) is 11.6. The fourth-order valence-corrected chi connectivity index (χ4v) is 3.00. The van der Waals surface area contributed by atoms with Gasteiger partial charge in [-0.2, -0.15) is 0 Å². The van der Waals surface area contributed by atoms with Crippen LogP contribution in [-0.2, 0) is 4.74 Å². The minimum atomic E-state index is 0.170. The Morgan fingerprint density at radius 2 is 2.19 bits per heavy atom. The molecule has 1 heterocycles. The SMILES string of the molecule is COC1(CNC2CCN(C)CC2C)CCC1. The molecule has 1 saturated carbocycles. The molecule has 3 nitrogen and oxygen atoms in total. The molecule has 2 aliphatic rings. The van der Waals surface area contributed by atoms with Gasteiger partial charge in [-0.1, -0.05) is 6.92 Å². The molecule has 2 unspecified atom stereocenters. The van der Waals surface area contributed by atoms with E-state index in [1.165, 1.54) is 38.8 Å². The molecular formula is C13H26N2O. The summed E-state index contributed by atoms with van der Waals surface area (Å²) in [5.41, 5.74) is 0.170. The Bertz CT molecular complexity index is 222. The van der Waals surface area contributed by atoms with Gasteiger partial charge in [0.15, 0.2) is 0 Å². The molecule has 0 radical (unpaired) electrons. The highest BCUT2D eigenvalue weighted by Gasteiger charge is 2.37. The Morgan fingerprint density at radius 1 is 1.44 bits per heavy atom. The number of hydrogen-bond donors (Lipinski definition) is 1. The molecule has 1 aliphatic heterocycles. The van der Waals surface area contributed by atoms with E-state index in [0.29, 0.717) is 6.04 Å². The standard InChI is InChI=1S/C13H26N2O/c1-11-9-15(2)8-5-12(11)14-10-13(16-3)6-4-7-13/h11-12,14H,4-10H2,1-3H3. The molecule has 2 rings (SSSR count). The number of hydrogen-bond acceptors (Lipinski definition) is 3. The maximum Gasteiger partial charge on any atom is 0.0802 e. The number of piperidine rings is 1. The van der Waals surface area contributed by atoms with Crippen LogP contribution in [-0.4, -0.2) is 50.3 Å². The van der Waals surface area contributed by atoms with Gasteiger partial charge in [0.1, 0.15) is 0 Å². The topological polar surface area (TPSA) is 24.5 Å². The van der Waals surface area contributed by atoms with Crippen molar-refractivity contribution in [3.05, 3.63) is 0 Å². The number of nitrogens with one attached hydrogen (secondary N) is 1.